The fourth-order valence-corrected chi connectivity index (χ4v) is 2.95. The Morgan fingerprint density at radius 3 is 2.95 bits per heavy atom. The Labute approximate surface area is 125 Å². The van der Waals surface area contributed by atoms with Gasteiger partial charge in [-0.15, -0.1) is 11.3 Å². The van der Waals surface area contributed by atoms with Crippen molar-refractivity contribution in [1.82, 2.24) is 4.98 Å². The first-order valence-corrected chi connectivity index (χ1v) is 7.29. The van der Waals surface area contributed by atoms with Crippen molar-refractivity contribution in [3.8, 4) is 6.07 Å². The molecule has 0 bridgehead atoms. The lowest BCUT2D eigenvalue weighted by Gasteiger charge is -2.10. The molecule has 5 heteroatoms. The predicted molar refractivity (Wildman–Crippen MR) is 83.1 cm³/mol. The number of aromatic nitrogens is 1. The zero-order chi connectivity index (χ0) is 13.9. The SMILES string of the molecule is N#Cc1ccccc1CNc1c(Cl)ccc2scnc12. The minimum absolute atomic E-state index is 0.542. The molecule has 1 heterocycles. The average molecular weight is 300 g/mol. The van der Waals surface area contributed by atoms with Crippen LogP contribution in [0.5, 0.6) is 0 Å². The Morgan fingerprint density at radius 1 is 1.25 bits per heavy atom. The highest BCUT2D eigenvalue weighted by Gasteiger charge is 2.09. The van der Waals surface area contributed by atoms with Crippen LogP contribution in [0.4, 0.5) is 5.69 Å². The van der Waals surface area contributed by atoms with E-state index in [2.05, 4.69) is 16.4 Å². The number of nitrogens with one attached hydrogen (secondary N) is 1. The van der Waals surface area contributed by atoms with Crippen LogP contribution in [0.25, 0.3) is 10.2 Å². The summed E-state index contributed by atoms with van der Waals surface area (Å²) in [6.45, 7) is 0.542. The number of fused-ring (bicyclic) bond motifs is 1. The van der Waals surface area contributed by atoms with Crippen LogP contribution >= 0.6 is 22.9 Å². The lowest BCUT2D eigenvalue weighted by molar-refractivity contribution is 1.14. The van der Waals surface area contributed by atoms with Crippen LogP contribution in [0.3, 0.4) is 0 Å². The molecule has 0 spiro atoms. The minimum Gasteiger partial charge on any atom is -0.378 e. The van der Waals surface area contributed by atoms with Gasteiger partial charge in [0.1, 0.15) is 5.52 Å². The van der Waals surface area contributed by atoms with Gasteiger partial charge in [-0.3, -0.25) is 0 Å². The van der Waals surface area contributed by atoms with Crippen molar-refractivity contribution >= 4 is 38.8 Å². The van der Waals surface area contributed by atoms with Gasteiger partial charge >= 0.3 is 0 Å². The third-order valence-corrected chi connectivity index (χ3v) is 4.15. The van der Waals surface area contributed by atoms with Crippen LogP contribution in [0.1, 0.15) is 11.1 Å². The highest BCUT2D eigenvalue weighted by Crippen LogP contribution is 2.32. The summed E-state index contributed by atoms with van der Waals surface area (Å²) in [4.78, 5) is 4.34. The molecule has 3 rings (SSSR count). The molecule has 98 valence electrons. The summed E-state index contributed by atoms with van der Waals surface area (Å²) >= 11 is 7.81. The van der Waals surface area contributed by atoms with Gasteiger partial charge in [-0.25, -0.2) is 4.98 Å². The Morgan fingerprint density at radius 2 is 2.10 bits per heavy atom. The van der Waals surface area contributed by atoms with Crippen molar-refractivity contribution in [3.63, 3.8) is 0 Å². The van der Waals surface area contributed by atoms with Crippen LogP contribution in [0.15, 0.2) is 41.9 Å². The third kappa shape index (κ3) is 2.34. The maximum absolute atomic E-state index is 9.09. The number of anilines is 1. The number of benzene rings is 2. The van der Waals surface area contributed by atoms with Gasteiger partial charge in [-0.05, 0) is 23.8 Å². The number of nitriles is 1. The number of thiazole rings is 1. The summed E-state index contributed by atoms with van der Waals surface area (Å²) in [5.41, 5.74) is 5.10. The second kappa shape index (κ2) is 5.49. The van der Waals surface area contributed by atoms with E-state index in [9.17, 15) is 0 Å². The van der Waals surface area contributed by atoms with Gasteiger partial charge in [-0.2, -0.15) is 5.26 Å². The van der Waals surface area contributed by atoms with Gasteiger partial charge < -0.3 is 5.32 Å². The second-order valence-corrected chi connectivity index (χ2v) is 5.54. The Kier molecular flexibility index (Phi) is 3.55. The molecule has 0 radical (unpaired) electrons. The zero-order valence-electron chi connectivity index (χ0n) is 10.4. The highest BCUT2D eigenvalue weighted by molar-refractivity contribution is 7.16. The Balaban J connectivity index is 1.93. The standard InChI is InChI=1S/C15H10ClN3S/c16-12-5-6-13-15(19-9-20-13)14(12)18-8-11-4-2-1-3-10(11)7-17/h1-6,9,18H,8H2. The van der Waals surface area contributed by atoms with Gasteiger partial charge in [-0.1, -0.05) is 29.8 Å². The molecule has 2 aromatic carbocycles. The quantitative estimate of drug-likeness (QED) is 0.778. The second-order valence-electron chi connectivity index (χ2n) is 4.24. The summed E-state index contributed by atoms with van der Waals surface area (Å²) in [5.74, 6) is 0. The molecule has 0 aliphatic rings. The van der Waals surface area contributed by atoms with E-state index in [4.69, 9.17) is 16.9 Å². The molecule has 0 aliphatic carbocycles. The lowest BCUT2D eigenvalue weighted by Crippen LogP contribution is -2.02. The molecule has 0 saturated heterocycles. The van der Waals surface area contributed by atoms with E-state index in [0.29, 0.717) is 17.1 Å². The van der Waals surface area contributed by atoms with Crippen molar-refractivity contribution < 1.29 is 0 Å². The maximum Gasteiger partial charge on any atom is 0.106 e. The summed E-state index contributed by atoms with van der Waals surface area (Å²) in [5, 5.41) is 13.0. The minimum atomic E-state index is 0.542. The first kappa shape index (κ1) is 12.9. The molecular formula is C15H10ClN3S. The molecule has 0 unspecified atom stereocenters. The smallest absolute Gasteiger partial charge is 0.106 e. The number of rotatable bonds is 3. The molecule has 0 aliphatic heterocycles. The van der Waals surface area contributed by atoms with E-state index in [0.717, 1.165) is 21.5 Å². The van der Waals surface area contributed by atoms with E-state index in [1.807, 2.05) is 36.4 Å². The number of nitrogens with zero attached hydrogens (tertiary/aromatic N) is 2. The predicted octanol–water partition coefficient (Wildman–Crippen LogP) is 4.43. The van der Waals surface area contributed by atoms with Gasteiger partial charge in [0.15, 0.2) is 0 Å². The monoisotopic (exact) mass is 299 g/mol. The lowest BCUT2D eigenvalue weighted by atomic mass is 10.1. The largest absolute Gasteiger partial charge is 0.378 e. The first-order chi connectivity index (χ1) is 9.79. The summed E-state index contributed by atoms with van der Waals surface area (Å²) < 4.78 is 1.09. The van der Waals surface area contributed by atoms with Crippen LogP contribution in [0.2, 0.25) is 5.02 Å². The van der Waals surface area contributed by atoms with Gasteiger partial charge in [0, 0.05) is 6.54 Å². The molecule has 1 N–H and O–H groups in total. The molecule has 0 fully saturated rings. The molecule has 0 atom stereocenters. The average Bonchev–Trinajstić information content (AvgIpc) is 2.95. The molecular weight excluding hydrogens is 290 g/mol. The van der Waals surface area contributed by atoms with Gasteiger partial charge in [0.05, 0.1) is 32.6 Å². The van der Waals surface area contributed by atoms with E-state index in [1.165, 1.54) is 0 Å². The fourth-order valence-electron chi connectivity index (χ4n) is 2.04. The molecule has 0 saturated carbocycles. The number of halogens is 1. The zero-order valence-corrected chi connectivity index (χ0v) is 12.0. The summed E-state index contributed by atoms with van der Waals surface area (Å²) in [6.07, 6.45) is 0. The van der Waals surface area contributed by atoms with Crippen LogP contribution in [-0.2, 0) is 6.54 Å². The Hall–Kier alpha value is -2.09. The van der Waals surface area contributed by atoms with Gasteiger partial charge in [0.25, 0.3) is 0 Å². The number of hydrogen-bond acceptors (Lipinski definition) is 4. The molecule has 0 amide bonds. The van der Waals surface area contributed by atoms with Crippen molar-refractivity contribution in [2.24, 2.45) is 0 Å². The molecule has 3 aromatic rings. The Bertz CT molecular complexity index is 804. The van der Waals surface area contributed by atoms with Crippen molar-refractivity contribution in [2.45, 2.75) is 6.54 Å². The van der Waals surface area contributed by atoms with Crippen molar-refractivity contribution in [3.05, 3.63) is 58.1 Å². The van der Waals surface area contributed by atoms with E-state index in [-0.39, 0.29) is 0 Å². The first-order valence-electron chi connectivity index (χ1n) is 6.03. The van der Waals surface area contributed by atoms with Crippen molar-refractivity contribution in [1.29, 1.82) is 5.26 Å². The molecule has 1 aromatic heterocycles. The maximum atomic E-state index is 9.09. The normalized spacial score (nSPS) is 10.4. The summed E-state index contributed by atoms with van der Waals surface area (Å²) in [6, 6.07) is 13.5. The van der Waals surface area contributed by atoms with E-state index < -0.39 is 0 Å². The molecule has 3 nitrogen and oxygen atoms in total. The van der Waals surface area contributed by atoms with Crippen LogP contribution < -0.4 is 5.32 Å². The topological polar surface area (TPSA) is 48.7 Å². The van der Waals surface area contributed by atoms with Crippen LogP contribution in [-0.4, -0.2) is 4.98 Å². The van der Waals surface area contributed by atoms with E-state index >= 15 is 0 Å². The van der Waals surface area contributed by atoms with Crippen molar-refractivity contribution in [2.75, 3.05) is 5.32 Å². The summed E-state index contributed by atoms with van der Waals surface area (Å²) in [7, 11) is 0. The number of hydrogen-bond donors (Lipinski definition) is 1. The fraction of sp³-hybridized carbons (Fsp3) is 0.0667. The van der Waals surface area contributed by atoms with E-state index in [1.54, 1.807) is 16.8 Å². The highest BCUT2D eigenvalue weighted by atomic mass is 35.5. The third-order valence-electron chi connectivity index (χ3n) is 3.04. The van der Waals surface area contributed by atoms with Crippen LogP contribution in [0, 0.1) is 11.3 Å². The molecule has 20 heavy (non-hydrogen) atoms. The van der Waals surface area contributed by atoms with Gasteiger partial charge in [0.2, 0.25) is 0 Å².